The minimum Gasteiger partial charge on any atom is -0.483 e. The summed E-state index contributed by atoms with van der Waals surface area (Å²) in [5.74, 6) is 2.14. The lowest BCUT2D eigenvalue weighted by atomic mass is 9.88. The molecule has 18 heavy (non-hydrogen) atoms. The number of hydrogen-bond acceptors (Lipinski definition) is 1. The summed E-state index contributed by atoms with van der Waals surface area (Å²) in [6.45, 7) is 13.3. The van der Waals surface area contributed by atoms with Crippen LogP contribution in [0.2, 0.25) is 0 Å². The van der Waals surface area contributed by atoms with Crippen LogP contribution in [0.5, 0.6) is 0 Å². The second-order valence-corrected chi connectivity index (χ2v) is 6.25. The van der Waals surface area contributed by atoms with Crippen molar-refractivity contribution in [3.63, 3.8) is 0 Å². The zero-order valence-electron chi connectivity index (χ0n) is 12.4. The molecule has 0 radical (unpaired) electrons. The van der Waals surface area contributed by atoms with Crippen LogP contribution in [-0.4, -0.2) is 0 Å². The maximum atomic E-state index is 6.28. The zero-order valence-corrected chi connectivity index (χ0v) is 12.4. The van der Waals surface area contributed by atoms with Crippen LogP contribution in [0.1, 0.15) is 52.7 Å². The maximum Gasteiger partial charge on any atom is 0.129 e. The van der Waals surface area contributed by atoms with Gasteiger partial charge in [0.1, 0.15) is 11.4 Å². The van der Waals surface area contributed by atoms with Crippen LogP contribution < -0.4 is 0 Å². The van der Waals surface area contributed by atoms with E-state index >= 15 is 0 Å². The molecule has 0 atom stereocenters. The average molecular weight is 244 g/mol. The minimum atomic E-state index is -0.207. The van der Waals surface area contributed by atoms with Crippen molar-refractivity contribution in [1.82, 2.24) is 0 Å². The SMILES string of the molecule is CC(C)C(=C1OC(C)(C)c2ccccc21)C(C)C. The van der Waals surface area contributed by atoms with Crippen LogP contribution in [0.25, 0.3) is 5.76 Å². The molecule has 2 rings (SSSR count). The highest BCUT2D eigenvalue weighted by atomic mass is 16.5. The third-order valence-electron chi connectivity index (χ3n) is 3.68. The fourth-order valence-electron chi connectivity index (χ4n) is 2.98. The first-order valence-corrected chi connectivity index (χ1v) is 6.87. The van der Waals surface area contributed by atoms with Gasteiger partial charge >= 0.3 is 0 Å². The van der Waals surface area contributed by atoms with Gasteiger partial charge in [-0.15, -0.1) is 0 Å². The van der Waals surface area contributed by atoms with Gasteiger partial charge in [0, 0.05) is 11.1 Å². The predicted molar refractivity (Wildman–Crippen MR) is 77.1 cm³/mol. The molecule has 1 aromatic carbocycles. The van der Waals surface area contributed by atoms with E-state index in [0.717, 1.165) is 5.76 Å². The standard InChI is InChI=1S/C17H24O/c1-11(2)15(12(3)4)16-13-9-7-8-10-14(13)17(5,6)18-16/h7-12H,1-6H3. The average Bonchev–Trinajstić information content (AvgIpc) is 2.51. The van der Waals surface area contributed by atoms with E-state index in [4.69, 9.17) is 4.74 Å². The Balaban J connectivity index is 2.66. The summed E-state index contributed by atoms with van der Waals surface area (Å²) in [6, 6.07) is 8.56. The second kappa shape index (κ2) is 4.46. The van der Waals surface area contributed by atoms with Crippen molar-refractivity contribution in [1.29, 1.82) is 0 Å². The van der Waals surface area contributed by atoms with Crippen molar-refractivity contribution in [3.05, 3.63) is 41.0 Å². The van der Waals surface area contributed by atoms with Crippen LogP contribution >= 0.6 is 0 Å². The van der Waals surface area contributed by atoms with E-state index in [9.17, 15) is 0 Å². The lowest BCUT2D eigenvalue weighted by Crippen LogP contribution is -2.15. The highest BCUT2D eigenvalue weighted by Crippen LogP contribution is 2.45. The van der Waals surface area contributed by atoms with Gasteiger partial charge < -0.3 is 4.74 Å². The molecule has 0 aliphatic carbocycles. The highest BCUT2D eigenvalue weighted by Gasteiger charge is 2.36. The van der Waals surface area contributed by atoms with Gasteiger partial charge in [0.15, 0.2) is 0 Å². The lowest BCUT2D eigenvalue weighted by Gasteiger charge is -2.23. The van der Waals surface area contributed by atoms with E-state index in [1.807, 2.05) is 0 Å². The van der Waals surface area contributed by atoms with Crippen LogP contribution in [0.4, 0.5) is 0 Å². The molecule has 0 N–H and O–H groups in total. The smallest absolute Gasteiger partial charge is 0.129 e. The molecule has 1 heteroatoms. The first-order valence-electron chi connectivity index (χ1n) is 6.87. The molecule has 0 spiro atoms. The predicted octanol–water partition coefficient (Wildman–Crippen LogP) is 4.98. The van der Waals surface area contributed by atoms with Crippen molar-refractivity contribution < 1.29 is 4.74 Å². The summed E-state index contributed by atoms with van der Waals surface area (Å²) < 4.78 is 6.28. The van der Waals surface area contributed by atoms with Crippen molar-refractivity contribution in [2.24, 2.45) is 11.8 Å². The molecule has 1 heterocycles. The van der Waals surface area contributed by atoms with Gasteiger partial charge in [-0.05, 0) is 31.3 Å². The van der Waals surface area contributed by atoms with Crippen LogP contribution in [0.3, 0.4) is 0 Å². The summed E-state index contributed by atoms with van der Waals surface area (Å²) in [7, 11) is 0. The van der Waals surface area contributed by atoms with E-state index in [1.165, 1.54) is 16.7 Å². The Morgan fingerprint density at radius 1 is 1.00 bits per heavy atom. The summed E-state index contributed by atoms with van der Waals surface area (Å²) in [5.41, 5.74) is 3.80. The van der Waals surface area contributed by atoms with Gasteiger partial charge in [-0.3, -0.25) is 0 Å². The number of hydrogen-bond donors (Lipinski definition) is 0. The Morgan fingerprint density at radius 2 is 1.56 bits per heavy atom. The fourth-order valence-corrected chi connectivity index (χ4v) is 2.98. The topological polar surface area (TPSA) is 9.23 Å². The van der Waals surface area contributed by atoms with E-state index in [0.29, 0.717) is 11.8 Å². The van der Waals surface area contributed by atoms with Gasteiger partial charge in [-0.25, -0.2) is 0 Å². The Hall–Kier alpha value is -1.24. The van der Waals surface area contributed by atoms with Gasteiger partial charge in [0.2, 0.25) is 0 Å². The molecule has 1 aromatic rings. The molecule has 0 saturated carbocycles. The first-order chi connectivity index (χ1) is 8.34. The summed E-state index contributed by atoms with van der Waals surface area (Å²) in [6.07, 6.45) is 0. The molecule has 1 nitrogen and oxygen atoms in total. The molecule has 0 saturated heterocycles. The Labute approximate surface area is 111 Å². The van der Waals surface area contributed by atoms with Crippen LogP contribution in [0.15, 0.2) is 29.8 Å². The van der Waals surface area contributed by atoms with Crippen molar-refractivity contribution in [2.75, 3.05) is 0 Å². The molecule has 0 aromatic heterocycles. The number of ether oxygens (including phenoxy) is 1. The maximum absolute atomic E-state index is 6.28. The summed E-state index contributed by atoms with van der Waals surface area (Å²) in [4.78, 5) is 0. The number of rotatable bonds is 2. The van der Waals surface area contributed by atoms with E-state index in [1.54, 1.807) is 0 Å². The molecular formula is C17H24O. The normalized spacial score (nSPS) is 17.0. The molecule has 0 amide bonds. The Bertz CT molecular complexity index is 468. The van der Waals surface area contributed by atoms with Crippen LogP contribution in [-0.2, 0) is 10.3 Å². The second-order valence-electron chi connectivity index (χ2n) is 6.25. The van der Waals surface area contributed by atoms with E-state index < -0.39 is 0 Å². The lowest BCUT2D eigenvalue weighted by molar-refractivity contribution is 0.0904. The number of benzene rings is 1. The van der Waals surface area contributed by atoms with E-state index in [2.05, 4.69) is 65.8 Å². The Kier molecular flexibility index (Phi) is 3.27. The van der Waals surface area contributed by atoms with Crippen molar-refractivity contribution >= 4 is 5.76 Å². The van der Waals surface area contributed by atoms with Crippen molar-refractivity contribution in [2.45, 2.75) is 47.1 Å². The van der Waals surface area contributed by atoms with Gasteiger partial charge in [0.05, 0.1) is 0 Å². The first kappa shape index (κ1) is 13.2. The third kappa shape index (κ3) is 2.07. The van der Waals surface area contributed by atoms with Crippen molar-refractivity contribution in [3.8, 4) is 0 Å². The molecule has 1 aliphatic rings. The zero-order chi connectivity index (χ0) is 13.5. The molecule has 1 aliphatic heterocycles. The largest absolute Gasteiger partial charge is 0.483 e. The highest BCUT2D eigenvalue weighted by molar-refractivity contribution is 5.71. The summed E-state index contributed by atoms with van der Waals surface area (Å²) in [5, 5.41) is 0. The van der Waals surface area contributed by atoms with Gasteiger partial charge in [-0.1, -0.05) is 52.0 Å². The molecule has 98 valence electrons. The molecule has 0 fully saturated rings. The molecule has 0 bridgehead atoms. The quantitative estimate of drug-likeness (QED) is 0.713. The number of allylic oxidation sites excluding steroid dienone is 1. The van der Waals surface area contributed by atoms with Crippen LogP contribution in [0, 0.1) is 11.8 Å². The number of fused-ring (bicyclic) bond motifs is 1. The minimum absolute atomic E-state index is 0.207. The summed E-state index contributed by atoms with van der Waals surface area (Å²) >= 11 is 0. The monoisotopic (exact) mass is 244 g/mol. The van der Waals surface area contributed by atoms with Gasteiger partial charge in [-0.2, -0.15) is 0 Å². The van der Waals surface area contributed by atoms with Gasteiger partial charge in [0.25, 0.3) is 0 Å². The molecular weight excluding hydrogens is 220 g/mol. The third-order valence-corrected chi connectivity index (χ3v) is 3.68. The van der Waals surface area contributed by atoms with E-state index in [-0.39, 0.29) is 5.60 Å². The fraction of sp³-hybridized carbons (Fsp3) is 0.529. The molecule has 0 unspecified atom stereocenters. The Morgan fingerprint density at radius 3 is 2.11 bits per heavy atom.